The van der Waals surface area contributed by atoms with Gasteiger partial charge in [0.1, 0.15) is 5.15 Å². The van der Waals surface area contributed by atoms with Crippen LogP contribution in [0.2, 0.25) is 5.15 Å². The maximum Gasteiger partial charge on any atom is 0.318 e. The number of hydrogen-bond acceptors (Lipinski definition) is 5. The number of aromatic nitrogens is 4. The lowest BCUT2D eigenvalue weighted by Crippen LogP contribution is -2.45. The monoisotopic (exact) mass is 449 g/mol. The Hall–Kier alpha value is -3.03. The summed E-state index contributed by atoms with van der Waals surface area (Å²) < 4.78 is 3.01. The smallest absolute Gasteiger partial charge is 0.304 e. The number of para-hydroxylation sites is 1. The van der Waals surface area contributed by atoms with Crippen molar-refractivity contribution in [1.29, 1.82) is 0 Å². The number of rotatable bonds is 3. The second-order valence-electron chi connectivity index (χ2n) is 8.47. The molecule has 164 valence electrons. The maximum atomic E-state index is 12.9. The van der Waals surface area contributed by atoms with Crippen molar-refractivity contribution in [3.05, 3.63) is 79.6 Å². The number of halogens is 1. The normalized spacial score (nSPS) is 15.6. The van der Waals surface area contributed by atoms with Crippen LogP contribution in [0.15, 0.2) is 52.1 Å². The zero-order chi connectivity index (χ0) is 22.4. The highest BCUT2D eigenvalue weighted by atomic mass is 35.5. The predicted octanol–water partition coefficient (Wildman–Crippen LogP) is 3.44. The summed E-state index contributed by atoms with van der Waals surface area (Å²) in [7, 11) is 1.62. The number of nitrogens with zero attached hydrogens (tertiary/aromatic N) is 5. The molecule has 1 aromatic carbocycles. The second kappa shape index (κ2) is 8.15. The van der Waals surface area contributed by atoms with Crippen molar-refractivity contribution in [3.8, 4) is 0 Å². The molecule has 1 fully saturated rings. The number of benzene rings is 1. The topological polar surface area (TPSA) is 73.0 Å². The zero-order valence-electron chi connectivity index (χ0n) is 18.1. The van der Waals surface area contributed by atoms with Crippen molar-refractivity contribution >= 4 is 33.7 Å². The Kier molecular flexibility index (Phi) is 5.31. The van der Waals surface area contributed by atoms with Gasteiger partial charge in [-0.2, -0.15) is 0 Å². The van der Waals surface area contributed by atoms with E-state index >= 15 is 0 Å². The van der Waals surface area contributed by atoms with E-state index in [1.54, 1.807) is 11.6 Å². The molecule has 4 heterocycles. The summed E-state index contributed by atoms with van der Waals surface area (Å²) in [6.07, 6.45) is 1.52. The van der Waals surface area contributed by atoms with Crippen LogP contribution in [0.5, 0.6) is 0 Å². The van der Waals surface area contributed by atoms with Crippen LogP contribution in [0.1, 0.15) is 30.1 Å². The molecule has 0 amide bonds. The summed E-state index contributed by atoms with van der Waals surface area (Å²) in [5.41, 5.74) is 2.95. The van der Waals surface area contributed by atoms with Gasteiger partial charge in [-0.15, -0.1) is 0 Å². The molecule has 0 atom stereocenters. The van der Waals surface area contributed by atoms with Gasteiger partial charge in [0.25, 0.3) is 0 Å². The predicted molar refractivity (Wildman–Crippen MR) is 126 cm³/mol. The molecule has 3 aromatic heterocycles. The maximum absolute atomic E-state index is 12.9. The van der Waals surface area contributed by atoms with Crippen molar-refractivity contribution in [3.63, 3.8) is 0 Å². The first-order chi connectivity index (χ1) is 15.4. The third kappa shape index (κ3) is 3.61. The quantitative estimate of drug-likeness (QED) is 0.354. The lowest BCUT2D eigenvalue weighted by Gasteiger charge is -2.33. The molecular formula is C24H24ClN5O2. The molecule has 32 heavy (non-hydrogen) atoms. The van der Waals surface area contributed by atoms with Crippen LogP contribution in [0, 0.1) is 6.92 Å². The molecule has 0 spiro atoms. The summed E-state index contributed by atoms with van der Waals surface area (Å²) in [6.45, 7) is 4.18. The minimum atomic E-state index is -0.514. The van der Waals surface area contributed by atoms with E-state index in [1.807, 2.05) is 43.3 Å². The zero-order valence-corrected chi connectivity index (χ0v) is 18.8. The van der Waals surface area contributed by atoms with Crippen LogP contribution in [0.25, 0.3) is 22.1 Å². The van der Waals surface area contributed by atoms with Crippen molar-refractivity contribution in [2.75, 3.05) is 13.1 Å². The first-order valence-corrected chi connectivity index (χ1v) is 11.2. The Morgan fingerprint density at radius 3 is 2.56 bits per heavy atom. The lowest BCUT2D eigenvalue weighted by molar-refractivity contribution is 0.179. The highest BCUT2D eigenvalue weighted by Crippen LogP contribution is 2.27. The highest BCUT2D eigenvalue weighted by Gasteiger charge is 2.25. The lowest BCUT2D eigenvalue weighted by atomic mass is 10.0. The fourth-order valence-corrected chi connectivity index (χ4v) is 4.79. The third-order valence-corrected chi connectivity index (χ3v) is 6.68. The molecular weight excluding hydrogens is 426 g/mol. The van der Waals surface area contributed by atoms with Gasteiger partial charge in [0, 0.05) is 49.4 Å². The van der Waals surface area contributed by atoms with Gasteiger partial charge in [0.15, 0.2) is 5.65 Å². The number of pyridine rings is 2. The van der Waals surface area contributed by atoms with Gasteiger partial charge in [-0.3, -0.25) is 19.1 Å². The molecule has 0 unspecified atom stereocenters. The van der Waals surface area contributed by atoms with E-state index in [2.05, 4.69) is 20.9 Å². The van der Waals surface area contributed by atoms with Gasteiger partial charge < -0.3 is 4.57 Å². The van der Waals surface area contributed by atoms with Gasteiger partial charge in [-0.25, -0.2) is 9.97 Å². The minimum Gasteiger partial charge on any atom is -0.304 e. The summed E-state index contributed by atoms with van der Waals surface area (Å²) in [4.78, 5) is 36.9. The standard InChI is InChI=1S/C24H24ClN5O2/c1-15-7-8-20-22(26-15)30(24(32)23(31)28(20)2)18-9-11-29(12-10-18)14-17-13-16-5-3-4-6-19(16)27-21(17)25/h3-8,13,18H,9-12,14H2,1-2H3. The minimum absolute atomic E-state index is 0.0605. The number of likely N-dealkylation sites (tertiary alicyclic amines) is 1. The molecule has 8 heteroatoms. The molecule has 1 aliphatic rings. The first kappa shape index (κ1) is 20.8. The molecule has 5 rings (SSSR count). The van der Waals surface area contributed by atoms with E-state index in [0.29, 0.717) is 22.9 Å². The molecule has 0 radical (unpaired) electrons. The van der Waals surface area contributed by atoms with Crippen LogP contribution in [0.3, 0.4) is 0 Å². The Morgan fingerprint density at radius 1 is 1.03 bits per heavy atom. The summed E-state index contributed by atoms with van der Waals surface area (Å²) >= 11 is 6.45. The molecule has 0 bridgehead atoms. The fraction of sp³-hybridized carbons (Fsp3) is 0.333. The SMILES string of the molecule is Cc1ccc2c(n1)n(C1CCN(Cc3cc4ccccc4nc3Cl)CC1)c(=O)c(=O)n2C. The Balaban J connectivity index is 1.41. The summed E-state index contributed by atoms with van der Waals surface area (Å²) in [6, 6.07) is 13.7. The van der Waals surface area contributed by atoms with E-state index in [-0.39, 0.29) is 6.04 Å². The molecule has 4 aromatic rings. The van der Waals surface area contributed by atoms with E-state index in [9.17, 15) is 9.59 Å². The van der Waals surface area contributed by atoms with Crippen molar-refractivity contribution < 1.29 is 0 Å². The van der Waals surface area contributed by atoms with Crippen LogP contribution in [-0.4, -0.2) is 37.1 Å². The van der Waals surface area contributed by atoms with E-state index in [4.69, 9.17) is 11.6 Å². The third-order valence-electron chi connectivity index (χ3n) is 6.36. The molecule has 0 aliphatic carbocycles. The highest BCUT2D eigenvalue weighted by molar-refractivity contribution is 6.30. The summed E-state index contributed by atoms with van der Waals surface area (Å²) in [5, 5.41) is 1.60. The number of piperidine rings is 1. The van der Waals surface area contributed by atoms with E-state index < -0.39 is 11.1 Å². The van der Waals surface area contributed by atoms with Gasteiger partial charge >= 0.3 is 11.1 Å². The fourth-order valence-electron chi connectivity index (χ4n) is 4.59. The van der Waals surface area contributed by atoms with Crippen molar-refractivity contribution in [2.24, 2.45) is 7.05 Å². The Morgan fingerprint density at radius 2 is 1.78 bits per heavy atom. The van der Waals surface area contributed by atoms with Gasteiger partial charge in [-0.1, -0.05) is 29.8 Å². The summed E-state index contributed by atoms with van der Waals surface area (Å²) in [5.74, 6) is 0. The average Bonchev–Trinajstić information content (AvgIpc) is 2.79. The first-order valence-electron chi connectivity index (χ1n) is 10.8. The van der Waals surface area contributed by atoms with Crippen LogP contribution in [0.4, 0.5) is 0 Å². The van der Waals surface area contributed by atoms with Crippen LogP contribution in [-0.2, 0) is 13.6 Å². The van der Waals surface area contributed by atoms with Crippen LogP contribution >= 0.6 is 11.6 Å². The van der Waals surface area contributed by atoms with E-state index in [0.717, 1.165) is 48.1 Å². The van der Waals surface area contributed by atoms with E-state index in [1.165, 1.54) is 4.57 Å². The molecule has 1 saturated heterocycles. The molecule has 0 saturated carbocycles. The molecule has 1 aliphatic heterocycles. The average molecular weight is 450 g/mol. The van der Waals surface area contributed by atoms with Crippen molar-refractivity contribution in [2.45, 2.75) is 32.4 Å². The number of fused-ring (bicyclic) bond motifs is 2. The van der Waals surface area contributed by atoms with Crippen LogP contribution < -0.4 is 11.1 Å². The molecule has 0 N–H and O–H groups in total. The van der Waals surface area contributed by atoms with Gasteiger partial charge in [-0.05, 0) is 44.0 Å². The van der Waals surface area contributed by atoms with Crippen molar-refractivity contribution in [1.82, 2.24) is 24.0 Å². The number of hydrogen-bond donors (Lipinski definition) is 0. The number of aryl methyl sites for hydroxylation is 2. The largest absolute Gasteiger partial charge is 0.318 e. The second-order valence-corrected chi connectivity index (χ2v) is 8.83. The van der Waals surface area contributed by atoms with Gasteiger partial charge in [0.05, 0.1) is 11.0 Å². The Labute approximate surface area is 189 Å². The molecule has 7 nitrogen and oxygen atoms in total. The Bertz CT molecular complexity index is 1450. The van der Waals surface area contributed by atoms with Gasteiger partial charge in [0.2, 0.25) is 0 Å².